The molecule has 2 N–H and O–H groups in total. The Morgan fingerprint density at radius 2 is 2.05 bits per heavy atom. The van der Waals surface area contributed by atoms with Crippen molar-refractivity contribution in [1.29, 1.82) is 0 Å². The van der Waals surface area contributed by atoms with Gasteiger partial charge in [-0.25, -0.2) is 0 Å². The second-order valence-corrected chi connectivity index (χ2v) is 5.07. The maximum Gasteiger partial charge on any atom is 0.416 e. The number of carbonyl (C=O) groups is 1. The number of primary amides is 1. The predicted molar refractivity (Wildman–Crippen MR) is 72.3 cm³/mol. The molecule has 1 saturated heterocycles. The van der Waals surface area contributed by atoms with Gasteiger partial charge in [-0.1, -0.05) is 0 Å². The first-order valence-electron chi connectivity index (χ1n) is 6.63. The normalized spacial score (nSPS) is 19.0. The first-order valence-corrected chi connectivity index (χ1v) is 6.63. The number of rotatable bonds is 3. The molecule has 0 spiro atoms. The molecule has 1 unspecified atom stereocenters. The van der Waals surface area contributed by atoms with Crippen LogP contribution in [0.2, 0.25) is 0 Å². The maximum absolute atomic E-state index is 12.7. The molecule has 0 bridgehead atoms. The van der Waals surface area contributed by atoms with Gasteiger partial charge < -0.3 is 10.6 Å². The summed E-state index contributed by atoms with van der Waals surface area (Å²) in [4.78, 5) is 23.1. The highest BCUT2D eigenvalue weighted by atomic mass is 19.4. The van der Waals surface area contributed by atoms with Gasteiger partial charge in [0.05, 0.1) is 10.5 Å². The van der Waals surface area contributed by atoms with E-state index in [4.69, 9.17) is 5.73 Å². The number of benzene rings is 1. The van der Waals surface area contributed by atoms with Gasteiger partial charge in [0, 0.05) is 12.6 Å². The Hall–Kier alpha value is -2.32. The number of hydrogen-bond acceptors (Lipinski definition) is 4. The average Bonchev–Trinajstić information content (AvgIpc) is 2.45. The van der Waals surface area contributed by atoms with Gasteiger partial charge in [0.2, 0.25) is 5.91 Å². The summed E-state index contributed by atoms with van der Waals surface area (Å²) in [5.74, 6) is -0.645. The van der Waals surface area contributed by atoms with Gasteiger partial charge in [0.25, 0.3) is 5.69 Å². The predicted octanol–water partition coefficient (Wildman–Crippen LogP) is 2.46. The van der Waals surface area contributed by atoms with Gasteiger partial charge in [0.1, 0.15) is 11.7 Å². The third-order valence-electron chi connectivity index (χ3n) is 3.64. The number of nitrogens with two attached hydrogens (primary N) is 1. The third kappa shape index (κ3) is 3.12. The van der Waals surface area contributed by atoms with Gasteiger partial charge >= 0.3 is 6.18 Å². The van der Waals surface area contributed by atoms with Crippen molar-refractivity contribution in [3.63, 3.8) is 0 Å². The minimum atomic E-state index is -4.67. The molecule has 0 saturated carbocycles. The first-order chi connectivity index (χ1) is 10.2. The molecule has 1 fully saturated rings. The molecule has 1 aliphatic heterocycles. The van der Waals surface area contributed by atoms with Crippen molar-refractivity contribution in [2.24, 2.45) is 5.73 Å². The van der Waals surface area contributed by atoms with Gasteiger partial charge in [-0.2, -0.15) is 13.2 Å². The van der Waals surface area contributed by atoms with E-state index in [1.54, 1.807) is 0 Å². The molecule has 1 heterocycles. The monoisotopic (exact) mass is 317 g/mol. The zero-order chi connectivity index (χ0) is 16.5. The molecule has 120 valence electrons. The third-order valence-corrected chi connectivity index (χ3v) is 3.64. The lowest BCUT2D eigenvalue weighted by atomic mass is 9.99. The highest BCUT2D eigenvalue weighted by molar-refractivity contribution is 5.85. The van der Waals surface area contributed by atoms with Crippen molar-refractivity contribution in [3.05, 3.63) is 33.9 Å². The summed E-state index contributed by atoms with van der Waals surface area (Å²) in [5.41, 5.74) is 3.50. The maximum atomic E-state index is 12.7. The summed E-state index contributed by atoms with van der Waals surface area (Å²) in [6, 6.07) is 1.54. The number of nitro groups is 1. The first kappa shape index (κ1) is 16.1. The number of nitro benzene ring substituents is 1. The Balaban J connectivity index is 2.49. The minimum Gasteiger partial charge on any atom is -0.368 e. The van der Waals surface area contributed by atoms with E-state index in [9.17, 15) is 28.1 Å². The fourth-order valence-electron chi connectivity index (χ4n) is 2.60. The van der Waals surface area contributed by atoms with E-state index in [1.807, 2.05) is 0 Å². The second-order valence-electron chi connectivity index (χ2n) is 5.07. The zero-order valence-corrected chi connectivity index (χ0v) is 11.5. The van der Waals surface area contributed by atoms with Crippen molar-refractivity contribution in [1.82, 2.24) is 0 Å². The van der Waals surface area contributed by atoms with Crippen molar-refractivity contribution in [2.75, 3.05) is 11.4 Å². The number of anilines is 1. The van der Waals surface area contributed by atoms with Crippen LogP contribution in [0.25, 0.3) is 0 Å². The summed E-state index contributed by atoms with van der Waals surface area (Å²) in [6.45, 7) is 0.333. The molecule has 6 nitrogen and oxygen atoms in total. The Morgan fingerprint density at radius 3 is 2.59 bits per heavy atom. The lowest BCUT2D eigenvalue weighted by molar-refractivity contribution is -0.384. The van der Waals surface area contributed by atoms with Crippen LogP contribution >= 0.6 is 0 Å². The minimum absolute atomic E-state index is 0.0125. The van der Waals surface area contributed by atoms with Crippen LogP contribution in [0.5, 0.6) is 0 Å². The lowest BCUT2D eigenvalue weighted by Crippen LogP contribution is -2.48. The van der Waals surface area contributed by atoms with Crippen LogP contribution in [0, 0.1) is 10.1 Å². The van der Waals surface area contributed by atoms with Crippen LogP contribution in [0.3, 0.4) is 0 Å². The fraction of sp³-hybridized carbons (Fsp3) is 0.462. The van der Waals surface area contributed by atoms with Crippen molar-refractivity contribution in [2.45, 2.75) is 31.5 Å². The van der Waals surface area contributed by atoms with E-state index in [0.717, 1.165) is 18.6 Å². The molecule has 0 radical (unpaired) electrons. The molecule has 22 heavy (non-hydrogen) atoms. The molecule has 9 heteroatoms. The van der Waals surface area contributed by atoms with E-state index in [0.29, 0.717) is 25.5 Å². The summed E-state index contributed by atoms with van der Waals surface area (Å²) >= 11 is 0. The van der Waals surface area contributed by atoms with Crippen LogP contribution in [0.1, 0.15) is 24.8 Å². The van der Waals surface area contributed by atoms with E-state index >= 15 is 0 Å². The van der Waals surface area contributed by atoms with Crippen LogP contribution < -0.4 is 10.6 Å². The van der Waals surface area contributed by atoms with Gasteiger partial charge in [-0.15, -0.1) is 0 Å². The van der Waals surface area contributed by atoms with E-state index < -0.39 is 34.3 Å². The Kier molecular flexibility index (Phi) is 4.25. The number of nitrogens with zero attached hydrogens (tertiary/aromatic N) is 2. The van der Waals surface area contributed by atoms with Crippen molar-refractivity contribution in [3.8, 4) is 0 Å². The molecule has 1 aliphatic rings. The zero-order valence-electron chi connectivity index (χ0n) is 11.5. The standard InChI is InChI=1S/C13H14F3N3O3/c14-13(15,16)8-4-5-9(11(7-8)19(21)22)18-6-2-1-3-10(18)12(17)20/h4-5,7,10H,1-3,6H2,(H2,17,20). The SMILES string of the molecule is NC(=O)C1CCCCN1c1ccc(C(F)(F)F)cc1[N+](=O)[O-]. The fourth-order valence-corrected chi connectivity index (χ4v) is 2.60. The summed E-state index contributed by atoms with van der Waals surface area (Å²) in [6.07, 6.45) is -2.83. The summed E-state index contributed by atoms with van der Waals surface area (Å²) < 4.78 is 38.1. The van der Waals surface area contributed by atoms with Crippen molar-refractivity contribution < 1.29 is 22.9 Å². The van der Waals surface area contributed by atoms with E-state index in [1.165, 1.54) is 4.90 Å². The second kappa shape index (κ2) is 5.82. The topological polar surface area (TPSA) is 89.5 Å². The average molecular weight is 317 g/mol. The molecule has 1 atom stereocenters. The molecular weight excluding hydrogens is 303 g/mol. The van der Waals surface area contributed by atoms with E-state index in [2.05, 4.69) is 0 Å². The smallest absolute Gasteiger partial charge is 0.368 e. The number of piperidine rings is 1. The number of alkyl halides is 3. The molecule has 2 rings (SSSR count). The van der Waals surface area contributed by atoms with Gasteiger partial charge in [-0.3, -0.25) is 14.9 Å². The van der Waals surface area contributed by atoms with E-state index in [-0.39, 0.29) is 5.69 Å². The number of hydrogen-bond donors (Lipinski definition) is 1. The number of amides is 1. The lowest BCUT2D eigenvalue weighted by Gasteiger charge is -2.35. The Bertz CT molecular complexity index is 604. The van der Waals surface area contributed by atoms with Crippen LogP contribution in [-0.4, -0.2) is 23.4 Å². The number of carbonyl (C=O) groups excluding carboxylic acids is 1. The van der Waals surface area contributed by atoms with Gasteiger partial charge in [0.15, 0.2) is 0 Å². The van der Waals surface area contributed by atoms with Gasteiger partial charge in [-0.05, 0) is 31.4 Å². The molecule has 1 aromatic rings. The molecular formula is C13H14F3N3O3. The molecule has 0 aromatic heterocycles. The molecule has 1 amide bonds. The van der Waals surface area contributed by atoms with Crippen molar-refractivity contribution >= 4 is 17.3 Å². The summed E-state index contributed by atoms with van der Waals surface area (Å²) in [5, 5.41) is 11.1. The summed E-state index contributed by atoms with van der Waals surface area (Å²) in [7, 11) is 0. The largest absolute Gasteiger partial charge is 0.416 e. The molecule has 1 aromatic carbocycles. The van der Waals surface area contributed by atoms with Crippen LogP contribution in [0.15, 0.2) is 18.2 Å². The van der Waals surface area contributed by atoms with Crippen LogP contribution in [-0.2, 0) is 11.0 Å². The highest BCUT2D eigenvalue weighted by Gasteiger charge is 2.36. The molecule has 0 aliphatic carbocycles. The quantitative estimate of drug-likeness (QED) is 0.685. The Labute approximate surface area is 123 Å². The van der Waals surface area contributed by atoms with Crippen LogP contribution in [0.4, 0.5) is 24.5 Å². The number of halogens is 3. The highest BCUT2D eigenvalue weighted by Crippen LogP contribution is 2.38. The Morgan fingerprint density at radius 1 is 1.36 bits per heavy atom.